The van der Waals surface area contributed by atoms with Crippen LogP contribution in [-0.4, -0.2) is 16.8 Å². The van der Waals surface area contributed by atoms with Crippen LogP contribution in [0.2, 0.25) is 0 Å². The van der Waals surface area contributed by atoms with Crippen LogP contribution in [0.25, 0.3) is 11.1 Å². The van der Waals surface area contributed by atoms with E-state index in [0.717, 1.165) is 54.6 Å². The third kappa shape index (κ3) is 1.97. The monoisotopic (exact) mass is 308 g/mol. The van der Waals surface area contributed by atoms with E-state index in [-0.39, 0.29) is 11.3 Å². The molecule has 0 bridgehead atoms. The van der Waals surface area contributed by atoms with Gasteiger partial charge in [0.2, 0.25) is 5.91 Å². The predicted molar refractivity (Wildman–Crippen MR) is 89.7 cm³/mol. The predicted octanol–water partition coefficient (Wildman–Crippen LogP) is 3.75. The molecule has 0 aliphatic carbocycles. The van der Waals surface area contributed by atoms with Crippen molar-refractivity contribution in [3.8, 4) is 11.1 Å². The average molecular weight is 308 g/mol. The molecule has 1 aromatic carbocycles. The van der Waals surface area contributed by atoms with E-state index in [1.165, 1.54) is 5.69 Å². The second-order valence-corrected chi connectivity index (χ2v) is 6.61. The maximum atomic E-state index is 12.6. The molecule has 0 fully saturated rings. The van der Waals surface area contributed by atoms with E-state index in [1.54, 1.807) is 0 Å². The van der Waals surface area contributed by atoms with Crippen LogP contribution in [0.3, 0.4) is 0 Å². The number of hydrogen-bond acceptors (Lipinski definition) is 2. The van der Waals surface area contributed by atoms with Gasteiger partial charge in [0.15, 0.2) is 6.29 Å². The minimum atomic E-state index is -0.174. The number of carbonyl (C=O) groups excluding carboxylic acids is 2. The van der Waals surface area contributed by atoms with Gasteiger partial charge in [-0.15, -0.1) is 0 Å². The fraction of sp³-hybridized carbons (Fsp3) is 0.368. The first-order valence-electron chi connectivity index (χ1n) is 8.27. The zero-order chi connectivity index (χ0) is 16.0. The highest BCUT2D eigenvalue weighted by atomic mass is 16.1. The molecule has 2 aliphatic rings. The molecule has 1 N–H and O–H groups in total. The highest BCUT2D eigenvalue weighted by molar-refractivity contribution is 5.99. The van der Waals surface area contributed by atoms with Gasteiger partial charge in [0.1, 0.15) is 0 Å². The summed E-state index contributed by atoms with van der Waals surface area (Å²) in [6.45, 7) is 3.00. The Morgan fingerprint density at radius 2 is 2.13 bits per heavy atom. The number of amides is 1. The van der Waals surface area contributed by atoms with Gasteiger partial charge in [0.25, 0.3) is 0 Å². The lowest BCUT2D eigenvalue weighted by atomic mass is 9.70. The van der Waals surface area contributed by atoms with E-state index in [2.05, 4.69) is 16.8 Å². The smallest absolute Gasteiger partial charge is 0.225 e. The molecule has 2 aromatic rings. The topological polar surface area (TPSA) is 51.1 Å². The van der Waals surface area contributed by atoms with Crippen LogP contribution in [0.4, 0.5) is 5.69 Å². The highest BCUT2D eigenvalue weighted by Crippen LogP contribution is 2.48. The van der Waals surface area contributed by atoms with Gasteiger partial charge in [0.05, 0.1) is 5.69 Å². The minimum absolute atomic E-state index is 0.0623. The van der Waals surface area contributed by atoms with Crippen LogP contribution in [-0.2, 0) is 16.8 Å². The van der Waals surface area contributed by atoms with Crippen molar-refractivity contribution in [2.45, 2.75) is 44.6 Å². The third-order valence-electron chi connectivity index (χ3n) is 5.46. The van der Waals surface area contributed by atoms with Crippen LogP contribution in [0.5, 0.6) is 0 Å². The second-order valence-electron chi connectivity index (χ2n) is 6.61. The van der Waals surface area contributed by atoms with E-state index >= 15 is 0 Å². The van der Waals surface area contributed by atoms with E-state index in [4.69, 9.17) is 0 Å². The first-order chi connectivity index (χ1) is 11.2. The number of aldehydes is 1. The van der Waals surface area contributed by atoms with Gasteiger partial charge in [-0.2, -0.15) is 0 Å². The summed E-state index contributed by atoms with van der Waals surface area (Å²) in [5.74, 6) is 0.0623. The molecule has 4 heteroatoms. The van der Waals surface area contributed by atoms with Crippen molar-refractivity contribution in [2.24, 2.45) is 0 Å². The summed E-state index contributed by atoms with van der Waals surface area (Å²) >= 11 is 0. The zero-order valence-electron chi connectivity index (χ0n) is 13.3. The molecule has 4 rings (SSSR count). The summed E-state index contributed by atoms with van der Waals surface area (Å²) in [4.78, 5) is 24.1. The first kappa shape index (κ1) is 14.2. The molecule has 3 heterocycles. The summed E-state index contributed by atoms with van der Waals surface area (Å²) in [5.41, 5.74) is 4.67. The number of rotatable bonds is 2. The molecule has 0 saturated carbocycles. The maximum absolute atomic E-state index is 12.6. The molecule has 1 atom stereocenters. The van der Waals surface area contributed by atoms with Crippen molar-refractivity contribution in [2.75, 3.05) is 5.32 Å². The number of aromatic nitrogens is 1. The van der Waals surface area contributed by atoms with Crippen LogP contribution in [0.1, 0.15) is 48.8 Å². The molecular weight excluding hydrogens is 288 g/mol. The van der Waals surface area contributed by atoms with E-state index < -0.39 is 0 Å². The van der Waals surface area contributed by atoms with Crippen molar-refractivity contribution in [1.29, 1.82) is 0 Å². The number of nitrogens with zero attached hydrogens (tertiary/aromatic N) is 1. The van der Waals surface area contributed by atoms with Crippen LogP contribution in [0, 0.1) is 0 Å². The Kier molecular flexibility index (Phi) is 3.15. The Morgan fingerprint density at radius 1 is 1.30 bits per heavy atom. The second kappa shape index (κ2) is 5.08. The van der Waals surface area contributed by atoms with Crippen molar-refractivity contribution >= 4 is 17.9 Å². The maximum Gasteiger partial charge on any atom is 0.225 e. The number of anilines is 1. The summed E-state index contributed by atoms with van der Waals surface area (Å²) < 4.78 is 2.14. The quantitative estimate of drug-likeness (QED) is 0.859. The normalized spacial score (nSPS) is 22.4. The van der Waals surface area contributed by atoms with E-state index in [0.29, 0.717) is 6.42 Å². The van der Waals surface area contributed by atoms with Crippen molar-refractivity contribution < 1.29 is 9.59 Å². The van der Waals surface area contributed by atoms with Crippen LogP contribution < -0.4 is 5.32 Å². The van der Waals surface area contributed by atoms with Gasteiger partial charge in [-0.3, -0.25) is 9.59 Å². The third-order valence-corrected chi connectivity index (χ3v) is 5.46. The zero-order valence-corrected chi connectivity index (χ0v) is 13.3. The summed E-state index contributed by atoms with van der Waals surface area (Å²) in [6.07, 6.45) is 4.32. The summed E-state index contributed by atoms with van der Waals surface area (Å²) in [7, 11) is 0. The molecule has 1 unspecified atom stereocenters. The van der Waals surface area contributed by atoms with Gasteiger partial charge < -0.3 is 9.88 Å². The van der Waals surface area contributed by atoms with Crippen molar-refractivity contribution in [3.05, 3.63) is 41.7 Å². The van der Waals surface area contributed by atoms with Crippen LogP contribution >= 0.6 is 0 Å². The summed E-state index contributed by atoms with van der Waals surface area (Å²) in [6, 6.07) is 9.86. The fourth-order valence-electron chi connectivity index (χ4n) is 4.35. The van der Waals surface area contributed by atoms with Gasteiger partial charge >= 0.3 is 0 Å². The Hall–Kier alpha value is -2.36. The first-order valence-corrected chi connectivity index (χ1v) is 8.27. The Labute approximate surface area is 135 Å². The van der Waals surface area contributed by atoms with Crippen molar-refractivity contribution in [3.63, 3.8) is 0 Å². The SMILES string of the molecule is CCC12CCCn3c(C=O)cc(c31)-c1ccccc1NC(=O)C2. The Bertz CT molecular complexity index is 806. The molecule has 0 radical (unpaired) electrons. The molecule has 1 amide bonds. The number of hydrogen-bond donors (Lipinski definition) is 1. The molecule has 4 nitrogen and oxygen atoms in total. The van der Waals surface area contributed by atoms with Gasteiger partial charge in [-0.05, 0) is 31.4 Å². The van der Waals surface area contributed by atoms with E-state index in [9.17, 15) is 9.59 Å². The summed E-state index contributed by atoms with van der Waals surface area (Å²) in [5, 5.41) is 3.06. The largest absolute Gasteiger partial charge is 0.341 e. The lowest BCUT2D eigenvalue weighted by molar-refractivity contribution is -0.117. The molecule has 0 spiro atoms. The van der Waals surface area contributed by atoms with Gasteiger partial charge in [-0.25, -0.2) is 0 Å². The highest BCUT2D eigenvalue weighted by Gasteiger charge is 2.42. The fourth-order valence-corrected chi connectivity index (χ4v) is 4.35. The molecule has 23 heavy (non-hydrogen) atoms. The van der Waals surface area contributed by atoms with Crippen LogP contribution in [0.15, 0.2) is 30.3 Å². The number of nitrogens with one attached hydrogen (secondary N) is 1. The van der Waals surface area contributed by atoms with Gasteiger partial charge in [-0.1, -0.05) is 25.1 Å². The molecule has 1 aromatic heterocycles. The molecule has 0 saturated heterocycles. The number of fused-ring (bicyclic) bond motifs is 2. The lowest BCUT2D eigenvalue weighted by Crippen LogP contribution is -2.38. The van der Waals surface area contributed by atoms with Gasteiger partial charge in [0, 0.05) is 40.9 Å². The molecular formula is C19H20N2O2. The number of benzene rings is 1. The average Bonchev–Trinajstić information content (AvgIpc) is 2.94. The number of para-hydroxylation sites is 1. The Balaban J connectivity index is 2.08. The lowest BCUT2D eigenvalue weighted by Gasteiger charge is -2.40. The minimum Gasteiger partial charge on any atom is -0.341 e. The van der Waals surface area contributed by atoms with E-state index in [1.807, 2.05) is 30.3 Å². The number of carbonyl (C=O) groups is 2. The Morgan fingerprint density at radius 3 is 2.91 bits per heavy atom. The molecule has 2 aliphatic heterocycles. The molecule has 118 valence electrons. The standard InChI is InChI=1S/C19H20N2O2/c1-2-19-8-5-9-21-13(12-22)10-15(18(19)21)14-6-3-4-7-16(14)20-17(23)11-19/h3-4,6-7,10,12H,2,5,8-9,11H2,1H3,(H,20,23). The van der Waals surface area contributed by atoms with Crippen molar-refractivity contribution in [1.82, 2.24) is 4.57 Å².